The summed E-state index contributed by atoms with van der Waals surface area (Å²) in [5.41, 5.74) is 3.24. The second-order valence-corrected chi connectivity index (χ2v) is 9.52. The minimum Gasteiger partial charge on any atom is -0.348 e. The molecule has 0 saturated heterocycles. The first kappa shape index (κ1) is 22.6. The molecule has 1 amide bonds. The highest BCUT2D eigenvalue weighted by molar-refractivity contribution is 7.92. The Hall–Kier alpha value is -3.62. The number of aromatic nitrogens is 2. The van der Waals surface area contributed by atoms with E-state index in [9.17, 15) is 13.2 Å². The van der Waals surface area contributed by atoms with Crippen LogP contribution in [0.4, 0.5) is 5.69 Å². The molecule has 0 aliphatic carbocycles. The third-order valence-corrected chi connectivity index (χ3v) is 6.71. The third kappa shape index (κ3) is 5.42. The number of nitrogens with zero attached hydrogens (tertiary/aromatic N) is 2. The number of anilines is 1. The minimum atomic E-state index is -3.79. The third-order valence-electron chi connectivity index (χ3n) is 4.99. The normalized spacial score (nSPS) is 11.2. The lowest BCUT2D eigenvalue weighted by molar-refractivity contribution is 0.0951. The molecule has 3 aromatic carbocycles. The smallest absolute Gasteiger partial charge is 0.261 e. The van der Waals surface area contributed by atoms with Crippen LogP contribution in [0, 0.1) is 6.92 Å². The monoisotopic (exact) mass is 480 g/mol. The van der Waals surface area contributed by atoms with Gasteiger partial charge < -0.3 is 9.88 Å². The summed E-state index contributed by atoms with van der Waals surface area (Å²) in [6.07, 6.45) is 5.25. The van der Waals surface area contributed by atoms with Gasteiger partial charge in [-0.25, -0.2) is 13.4 Å². The molecule has 4 rings (SSSR count). The molecular weight excluding hydrogens is 460 g/mol. The number of carbonyl (C=O) groups is 1. The molecule has 4 aromatic rings. The van der Waals surface area contributed by atoms with Crippen molar-refractivity contribution < 1.29 is 13.2 Å². The fourth-order valence-corrected chi connectivity index (χ4v) is 4.42. The zero-order chi connectivity index (χ0) is 23.4. The highest BCUT2D eigenvalue weighted by atomic mass is 35.5. The van der Waals surface area contributed by atoms with Crippen molar-refractivity contribution in [3.05, 3.63) is 107 Å². The summed E-state index contributed by atoms with van der Waals surface area (Å²) in [6, 6.07) is 18.6. The van der Waals surface area contributed by atoms with Crippen molar-refractivity contribution in [2.24, 2.45) is 0 Å². The lowest BCUT2D eigenvalue weighted by atomic mass is 10.1. The van der Waals surface area contributed by atoms with Crippen molar-refractivity contribution in [2.75, 3.05) is 4.72 Å². The van der Waals surface area contributed by atoms with Crippen molar-refractivity contribution in [3.8, 4) is 5.69 Å². The van der Waals surface area contributed by atoms with Gasteiger partial charge in [0.15, 0.2) is 0 Å². The lowest BCUT2D eigenvalue weighted by Crippen LogP contribution is -2.23. The largest absolute Gasteiger partial charge is 0.348 e. The number of hydrogen-bond acceptors (Lipinski definition) is 4. The Bertz CT molecular complexity index is 1370. The summed E-state index contributed by atoms with van der Waals surface area (Å²) in [4.78, 5) is 16.9. The van der Waals surface area contributed by atoms with E-state index in [2.05, 4.69) is 15.0 Å². The molecule has 0 fully saturated rings. The van der Waals surface area contributed by atoms with E-state index in [1.807, 2.05) is 42.0 Å². The van der Waals surface area contributed by atoms with E-state index in [4.69, 9.17) is 11.6 Å². The Balaban J connectivity index is 1.44. The van der Waals surface area contributed by atoms with Crippen molar-refractivity contribution >= 4 is 33.2 Å². The Labute approximate surface area is 197 Å². The van der Waals surface area contributed by atoms with Gasteiger partial charge in [-0.15, -0.1) is 0 Å². The molecule has 0 aliphatic heterocycles. The van der Waals surface area contributed by atoms with Crippen LogP contribution in [0.2, 0.25) is 5.02 Å². The second kappa shape index (κ2) is 9.48. The predicted octanol–water partition coefficient (Wildman–Crippen LogP) is 4.56. The summed E-state index contributed by atoms with van der Waals surface area (Å²) >= 11 is 6.21. The maximum Gasteiger partial charge on any atom is 0.261 e. The maximum atomic E-state index is 12.7. The summed E-state index contributed by atoms with van der Waals surface area (Å²) in [7, 11) is -3.79. The van der Waals surface area contributed by atoms with Gasteiger partial charge in [0.25, 0.3) is 15.9 Å². The number of rotatable bonds is 7. The second-order valence-electron chi connectivity index (χ2n) is 7.43. The summed E-state index contributed by atoms with van der Waals surface area (Å²) in [5.74, 6) is -0.407. The van der Waals surface area contributed by atoms with Crippen molar-refractivity contribution in [2.45, 2.75) is 18.4 Å². The van der Waals surface area contributed by atoms with Crippen LogP contribution in [0.15, 0.2) is 90.3 Å². The topological polar surface area (TPSA) is 93.1 Å². The van der Waals surface area contributed by atoms with Crippen molar-refractivity contribution in [1.29, 1.82) is 0 Å². The fourth-order valence-electron chi connectivity index (χ4n) is 3.17. The Morgan fingerprint density at radius 1 is 1.03 bits per heavy atom. The van der Waals surface area contributed by atoms with Crippen LogP contribution < -0.4 is 10.0 Å². The molecule has 7 nitrogen and oxygen atoms in total. The number of aryl methyl sites for hydroxylation is 1. The first-order valence-electron chi connectivity index (χ1n) is 10.1. The summed E-state index contributed by atoms with van der Waals surface area (Å²) in [6.45, 7) is 2.17. The molecule has 9 heteroatoms. The van der Waals surface area contributed by atoms with Gasteiger partial charge in [-0.2, -0.15) is 0 Å². The number of hydrogen-bond donors (Lipinski definition) is 2. The van der Waals surface area contributed by atoms with E-state index in [0.29, 0.717) is 6.54 Å². The van der Waals surface area contributed by atoms with Gasteiger partial charge in [0.1, 0.15) is 0 Å². The van der Waals surface area contributed by atoms with E-state index in [1.54, 1.807) is 24.7 Å². The van der Waals surface area contributed by atoms with Crippen LogP contribution in [0.3, 0.4) is 0 Å². The van der Waals surface area contributed by atoms with Crippen molar-refractivity contribution in [1.82, 2.24) is 14.9 Å². The lowest BCUT2D eigenvalue weighted by Gasteiger charge is -2.12. The predicted molar refractivity (Wildman–Crippen MR) is 128 cm³/mol. The van der Waals surface area contributed by atoms with Gasteiger partial charge in [0.2, 0.25) is 0 Å². The Kier molecular flexibility index (Phi) is 6.48. The molecular formula is C24H21ClN4O3S. The fraction of sp³-hybridized carbons (Fsp3) is 0.0833. The van der Waals surface area contributed by atoms with Crippen molar-refractivity contribution in [3.63, 3.8) is 0 Å². The zero-order valence-electron chi connectivity index (χ0n) is 17.7. The number of imidazole rings is 1. The van der Waals surface area contributed by atoms with Gasteiger partial charge >= 0.3 is 0 Å². The van der Waals surface area contributed by atoms with Gasteiger partial charge in [0, 0.05) is 30.3 Å². The number of sulfonamides is 1. The minimum absolute atomic E-state index is 0.133. The first-order chi connectivity index (χ1) is 15.8. The van der Waals surface area contributed by atoms with E-state index in [0.717, 1.165) is 16.8 Å². The summed E-state index contributed by atoms with van der Waals surface area (Å²) < 4.78 is 29.7. The van der Waals surface area contributed by atoms with E-state index in [-0.39, 0.29) is 21.2 Å². The van der Waals surface area contributed by atoms with Gasteiger partial charge in [-0.3, -0.25) is 9.52 Å². The first-order valence-corrected chi connectivity index (χ1v) is 11.9. The molecule has 0 atom stereocenters. The highest BCUT2D eigenvalue weighted by Gasteiger charge is 2.17. The molecule has 0 spiro atoms. The van der Waals surface area contributed by atoms with Crippen LogP contribution in [-0.2, 0) is 16.6 Å². The highest BCUT2D eigenvalue weighted by Crippen LogP contribution is 2.23. The maximum absolute atomic E-state index is 12.7. The van der Waals surface area contributed by atoms with Crippen LogP contribution in [0.5, 0.6) is 0 Å². The van der Waals surface area contributed by atoms with Crippen LogP contribution in [0.1, 0.15) is 21.5 Å². The number of halogens is 1. The number of benzene rings is 3. The van der Waals surface area contributed by atoms with Gasteiger partial charge in [-0.05, 0) is 55.0 Å². The summed E-state index contributed by atoms with van der Waals surface area (Å²) in [5, 5.41) is 3.04. The molecule has 0 radical (unpaired) electrons. The van der Waals surface area contributed by atoms with E-state index in [1.165, 1.54) is 30.3 Å². The van der Waals surface area contributed by atoms with Crippen LogP contribution in [0.25, 0.3) is 5.69 Å². The van der Waals surface area contributed by atoms with Gasteiger partial charge in [0.05, 0.1) is 21.8 Å². The average molecular weight is 481 g/mol. The molecule has 168 valence electrons. The number of amides is 1. The molecule has 1 heterocycles. The van der Waals surface area contributed by atoms with Crippen LogP contribution >= 0.6 is 11.6 Å². The number of nitrogens with one attached hydrogen (secondary N) is 2. The Morgan fingerprint density at radius 3 is 2.42 bits per heavy atom. The van der Waals surface area contributed by atoms with E-state index < -0.39 is 15.9 Å². The molecule has 33 heavy (non-hydrogen) atoms. The molecule has 0 saturated carbocycles. The van der Waals surface area contributed by atoms with Crippen LogP contribution in [-0.4, -0.2) is 23.9 Å². The zero-order valence-corrected chi connectivity index (χ0v) is 19.3. The van der Waals surface area contributed by atoms with E-state index >= 15 is 0 Å². The molecule has 2 N–H and O–H groups in total. The SMILES string of the molecule is Cc1ccc(S(=O)(=O)Nc2ccc(Cl)c(C(=O)NCc3ccc(-n4ccnc4)cc3)c2)cc1. The average Bonchev–Trinajstić information content (AvgIpc) is 3.34. The quantitative estimate of drug-likeness (QED) is 0.405. The molecule has 0 unspecified atom stereocenters. The van der Waals surface area contributed by atoms with Gasteiger partial charge in [-0.1, -0.05) is 41.4 Å². The standard InChI is InChI=1S/C24H21ClN4O3S/c1-17-2-9-21(10-3-17)33(31,32)28-19-6-11-23(25)22(14-19)24(30)27-15-18-4-7-20(8-5-18)29-13-12-26-16-29/h2-14,16,28H,15H2,1H3,(H,27,30). The number of carbonyl (C=O) groups excluding carboxylic acids is 1. The molecule has 0 bridgehead atoms. The molecule has 0 aliphatic rings. The Morgan fingerprint density at radius 2 is 1.76 bits per heavy atom. The molecule has 1 aromatic heterocycles.